The zero-order valence-electron chi connectivity index (χ0n) is 21.5. The first-order valence-electron chi connectivity index (χ1n) is 10.9. The van der Waals surface area contributed by atoms with E-state index >= 15 is 0 Å². The maximum atomic E-state index is 10.7. The highest BCUT2D eigenvalue weighted by Gasteiger charge is 2.15. The number of nitrogens with one attached hydrogen (secondary N) is 2. The molecule has 4 aromatic rings. The molecular weight excluding hydrogens is 580 g/mol. The average molecular weight is 604 g/mol. The van der Waals surface area contributed by atoms with Gasteiger partial charge >= 0.3 is 34.9 Å². The number of nitrogen functional groups attached to an aromatic ring is 2. The number of anilines is 2. The molecule has 4 rings (SSSR count). The molecule has 0 saturated heterocycles. The number of aromatic amines is 2. The van der Waals surface area contributed by atoms with Crippen LogP contribution < -0.4 is 31.6 Å². The predicted molar refractivity (Wildman–Crippen MR) is 141 cm³/mol. The number of carbonyl (C=O) groups is 2. The minimum atomic E-state index is -1.33. The molecular formula is C24H24N6O13. The highest BCUT2D eigenvalue weighted by molar-refractivity contribution is 5.91. The Labute approximate surface area is 239 Å². The molecule has 0 bridgehead atoms. The Morgan fingerprint density at radius 3 is 1.21 bits per heavy atom. The van der Waals surface area contributed by atoms with Crippen LogP contribution in [-0.2, 0) is 0 Å². The number of rotatable bonds is 4. The summed E-state index contributed by atoms with van der Waals surface area (Å²) < 4.78 is 0. The van der Waals surface area contributed by atoms with Gasteiger partial charge in [-0.15, -0.1) is 0 Å². The summed E-state index contributed by atoms with van der Waals surface area (Å²) in [6.45, 7) is 0. The van der Waals surface area contributed by atoms with Crippen LogP contribution in [0.4, 0.5) is 23.0 Å². The van der Waals surface area contributed by atoms with Crippen LogP contribution in [0.1, 0.15) is 20.7 Å². The number of aromatic nitrogens is 2. The third-order valence-electron chi connectivity index (χ3n) is 4.51. The summed E-state index contributed by atoms with van der Waals surface area (Å²) in [6.07, 6.45) is 3.06. The second kappa shape index (κ2) is 17.0. The van der Waals surface area contributed by atoms with Crippen molar-refractivity contribution in [1.82, 2.24) is 0 Å². The van der Waals surface area contributed by atoms with Gasteiger partial charge in [0.1, 0.15) is 11.5 Å². The molecule has 12 N–H and O–H groups in total. The van der Waals surface area contributed by atoms with Gasteiger partial charge < -0.3 is 36.1 Å². The number of hydrogen-bond acceptors (Lipinski definition) is 12. The molecule has 0 saturated carbocycles. The molecule has 0 spiro atoms. The number of aromatic carboxylic acids is 2. The maximum Gasteiger partial charge on any atom is 0.357 e. The van der Waals surface area contributed by atoms with E-state index in [1.165, 1.54) is 36.7 Å². The fraction of sp³-hybridized carbons (Fsp3) is 0. The summed E-state index contributed by atoms with van der Waals surface area (Å²) in [5.41, 5.74) is 9.43. The minimum absolute atomic E-state index is 0. The number of phenols is 2. The lowest BCUT2D eigenvalue weighted by molar-refractivity contribution is -0.409. The van der Waals surface area contributed by atoms with Crippen molar-refractivity contribution in [2.24, 2.45) is 0 Å². The van der Waals surface area contributed by atoms with Crippen LogP contribution in [0.3, 0.4) is 0 Å². The normalized spacial score (nSPS) is 9.12. The van der Waals surface area contributed by atoms with Gasteiger partial charge in [-0.3, -0.25) is 31.7 Å². The summed E-state index contributed by atoms with van der Waals surface area (Å²) in [5.74, 6) is -4.15. The van der Waals surface area contributed by atoms with Gasteiger partial charge in [0, 0.05) is 12.1 Å². The number of nitrogens with zero attached hydrogens (tertiary/aromatic N) is 2. The quantitative estimate of drug-likeness (QED) is 0.126. The molecule has 0 aliphatic carbocycles. The molecule has 0 unspecified atom stereocenters. The SMILES string of the molecule is Nc1[nH+]cccc1[N+](=O)[O-].Nc1[nH+]cccc1[N+](=O)[O-].O.O=C(O)c1cc(O)ccc1[O-].O=C(O)c1cc(O)ccc1[O-]. The Morgan fingerprint density at radius 1 is 0.674 bits per heavy atom. The van der Waals surface area contributed by atoms with E-state index in [1.807, 2.05) is 0 Å². The summed E-state index contributed by atoms with van der Waals surface area (Å²) in [7, 11) is 0. The van der Waals surface area contributed by atoms with Crippen molar-refractivity contribution < 1.29 is 65.5 Å². The number of nitro groups is 2. The Bertz CT molecular complexity index is 1470. The average Bonchev–Trinajstić information content (AvgIpc) is 2.92. The molecule has 43 heavy (non-hydrogen) atoms. The Morgan fingerprint density at radius 2 is 1.00 bits per heavy atom. The highest BCUT2D eigenvalue weighted by atomic mass is 16.6. The number of aromatic hydroxyl groups is 2. The smallest absolute Gasteiger partial charge is 0.357 e. The number of nitrogens with two attached hydrogens (primary N) is 2. The molecule has 228 valence electrons. The van der Waals surface area contributed by atoms with Crippen molar-refractivity contribution in [1.29, 1.82) is 0 Å². The number of hydrogen-bond donors (Lipinski definition) is 6. The minimum Gasteiger partial charge on any atom is -0.872 e. The molecule has 2 heterocycles. The van der Waals surface area contributed by atoms with E-state index in [4.69, 9.17) is 31.9 Å². The number of pyridine rings is 2. The van der Waals surface area contributed by atoms with Gasteiger partial charge in [0.2, 0.25) is 0 Å². The van der Waals surface area contributed by atoms with Gasteiger partial charge in [0.15, 0.2) is 0 Å². The second-order valence-electron chi connectivity index (χ2n) is 7.42. The van der Waals surface area contributed by atoms with Crippen molar-refractivity contribution in [3.8, 4) is 23.0 Å². The lowest BCUT2D eigenvalue weighted by atomic mass is 10.2. The summed E-state index contributed by atoms with van der Waals surface area (Å²) in [6, 6.07) is 11.9. The van der Waals surface area contributed by atoms with Gasteiger partial charge in [0.25, 0.3) is 0 Å². The first-order valence-corrected chi connectivity index (χ1v) is 10.9. The second-order valence-corrected chi connectivity index (χ2v) is 7.42. The Balaban J connectivity index is 0.000000543. The van der Waals surface area contributed by atoms with Crippen molar-refractivity contribution in [3.05, 3.63) is 104 Å². The molecule has 0 radical (unpaired) electrons. The molecule has 0 aliphatic rings. The van der Waals surface area contributed by atoms with Crippen molar-refractivity contribution in [3.63, 3.8) is 0 Å². The van der Waals surface area contributed by atoms with E-state index in [0.717, 1.165) is 36.4 Å². The van der Waals surface area contributed by atoms with Gasteiger partial charge in [-0.05, 0) is 36.4 Å². The van der Waals surface area contributed by atoms with Crippen LogP contribution in [0, 0.1) is 20.2 Å². The monoisotopic (exact) mass is 604 g/mol. The van der Waals surface area contributed by atoms with Gasteiger partial charge in [-0.25, -0.2) is 19.6 Å². The van der Waals surface area contributed by atoms with E-state index in [0.29, 0.717) is 0 Å². The fourth-order valence-electron chi connectivity index (χ4n) is 2.57. The van der Waals surface area contributed by atoms with Crippen molar-refractivity contribution in [2.45, 2.75) is 0 Å². The molecule has 0 atom stereocenters. The number of H-pyrrole nitrogens is 2. The maximum absolute atomic E-state index is 10.7. The van der Waals surface area contributed by atoms with Crippen LogP contribution in [0.2, 0.25) is 0 Å². The predicted octanol–water partition coefficient (Wildman–Crippen LogP) is -0.514. The van der Waals surface area contributed by atoms with E-state index in [1.54, 1.807) is 0 Å². The molecule has 0 aliphatic heterocycles. The number of carboxylic acid groups (broad SMARTS) is 2. The Hall–Kier alpha value is -6.76. The third kappa shape index (κ3) is 11.9. The zero-order chi connectivity index (χ0) is 32.0. The number of benzene rings is 2. The van der Waals surface area contributed by atoms with E-state index in [-0.39, 0.29) is 40.0 Å². The molecule has 0 fully saturated rings. The number of phenolic OH excluding ortho intramolecular Hbond substituents is 2. The van der Waals surface area contributed by atoms with Crippen LogP contribution in [0.25, 0.3) is 0 Å². The number of carboxylic acids is 2. The van der Waals surface area contributed by atoms with Gasteiger partial charge in [-0.1, -0.05) is 23.6 Å². The lowest BCUT2D eigenvalue weighted by Gasteiger charge is -2.08. The van der Waals surface area contributed by atoms with Gasteiger partial charge in [0.05, 0.1) is 33.4 Å². The van der Waals surface area contributed by atoms with E-state index in [2.05, 4.69) is 9.97 Å². The summed E-state index contributed by atoms with van der Waals surface area (Å²) >= 11 is 0. The highest BCUT2D eigenvalue weighted by Crippen LogP contribution is 2.20. The first-order chi connectivity index (χ1) is 19.6. The lowest BCUT2D eigenvalue weighted by Crippen LogP contribution is -2.11. The van der Waals surface area contributed by atoms with Gasteiger partial charge in [-0.2, -0.15) is 0 Å². The van der Waals surface area contributed by atoms with Crippen LogP contribution >= 0.6 is 0 Å². The molecule has 2 aromatic carbocycles. The zero-order valence-corrected chi connectivity index (χ0v) is 21.5. The fourth-order valence-corrected chi connectivity index (χ4v) is 2.57. The van der Waals surface area contributed by atoms with Crippen LogP contribution in [-0.4, -0.2) is 47.7 Å². The topological polar surface area (TPSA) is 359 Å². The molecule has 19 nitrogen and oxygen atoms in total. The summed E-state index contributed by atoms with van der Waals surface area (Å²) in [4.78, 5) is 44.7. The standard InChI is InChI=1S/2C7H6O4.2C5H5N3O2.H2O/c2*8-4-1-2-6(9)5(3-4)7(10)11;2*6-5-4(8(9)10)2-1-3-7-5;/h2*1-3,8-9H,(H,10,11);2*1-3H,(H2,6,7);1H2. The first kappa shape index (κ1) is 36.2. The largest absolute Gasteiger partial charge is 0.872 e. The Kier molecular flexibility index (Phi) is 14.4. The third-order valence-corrected chi connectivity index (χ3v) is 4.51. The van der Waals surface area contributed by atoms with E-state index < -0.39 is 44.4 Å². The summed E-state index contributed by atoms with van der Waals surface area (Å²) in [5, 5.41) is 76.0. The van der Waals surface area contributed by atoms with Crippen LogP contribution in [0.5, 0.6) is 23.0 Å². The van der Waals surface area contributed by atoms with E-state index in [9.17, 15) is 40.0 Å². The molecule has 0 amide bonds. The molecule has 2 aromatic heterocycles. The van der Waals surface area contributed by atoms with Crippen molar-refractivity contribution >= 4 is 34.9 Å². The van der Waals surface area contributed by atoms with Crippen LogP contribution in [0.15, 0.2) is 73.1 Å². The van der Waals surface area contributed by atoms with Crippen molar-refractivity contribution in [2.75, 3.05) is 11.5 Å². The molecule has 19 heteroatoms.